The molecule has 182 valence electrons. The van der Waals surface area contributed by atoms with E-state index in [4.69, 9.17) is 4.98 Å². The number of pyridine rings is 2. The van der Waals surface area contributed by atoms with Crippen molar-refractivity contribution in [2.45, 2.75) is 13.8 Å². The predicted molar refractivity (Wildman–Crippen MR) is 143 cm³/mol. The third-order valence-electron chi connectivity index (χ3n) is 6.31. The Balaban J connectivity index is 1.41. The lowest BCUT2D eigenvalue weighted by molar-refractivity contribution is -0.118. The number of nitrogens with zero attached hydrogens (tertiary/aromatic N) is 3. The van der Waals surface area contributed by atoms with Crippen LogP contribution >= 0.6 is 0 Å². The highest BCUT2D eigenvalue weighted by atomic mass is 19.1. The van der Waals surface area contributed by atoms with Gasteiger partial charge in [-0.1, -0.05) is 38.1 Å². The molecule has 0 bridgehead atoms. The van der Waals surface area contributed by atoms with Gasteiger partial charge in [0.05, 0.1) is 28.8 Å². The fourth-order valence-electron chi connectivity index (χ4n) is 4.35. The number of nitrogens with one attached hydrogen (secondary N) is 3. The van der Waals surface area contributed by atoms with Gasteiger partial charge in [-0.3, -0.25) is 14.9 Å². The number of hydrogen-bond donors (Lipinski definition) is 3. The van der Waals surface area contributed by atoms with E-state index in [0.717, 1.165) is 38.8 Å². The third-order valence-corrected chi connectivity index (χ3v) is 6.31. The number of halogens is 1. The molecule has 7 nitrogen and oxygen atoms in total. The Bertz CT molecular complexity index is 1770. The van der Waals surface area contributed by atoms with Gasteiger partial charge in [0.1, 0.15) is 17.0 Å². The Morgan fingerprint density at radius 2 is 1.78 bits per heavy atom. The predicted octanol–water partition coefficient (Wildman–Crippen LogP) is 6.57. The number of rotatable bonds is 5. The molecule has 6 aromatic rings. The second-order valence-electron chi connectivity index (χ2n) is 9.23. The summed E-state index contributed by atoms with van der Waals surface area (Å²) in [6.07, 6.45) is 3.34. The summed E-state index contributed by atoms with van der Waals surface area (Å²) in [5.41, 5.74) is 8.01. The molecule has 0 aliphatic rings. The minimum absolute atomic E-state index is 0.0710. The molecule has 0 aliphatic carbocycles. The van der Waals surface area contributed by atoms with E-state index in [2.05, 4.69) is 25.5 Å². The van der Waals surface area contributed by atoms with E-state index in [0.29, 0.717) is 22.6 Å². The molecule has 0 saturated heterocycles. The zero-order valence-corrected chi connectivity index (χ0v) is 20.2. The number of hydrogen-bond acceptors (Lipinski definition) is 4. The fraction of sp³-hybridized carbons (Fsp3) is 0.103. The summed E-state index contributed by atoms with van der Waals surface area (Å²) in [6, 6.07) is 20.2. The lowest BCUT2D eigenvalue weighted by atomic mass is 10.0. The first kappa shape index (κ1) is 22.6. The van der Waals surface area contributed by atoms with Gasteiger partial charge in [-0.15, -0.1) is 0 Å². The van der Waals surface area contributed by atoms with Gasteiger partial charge in [0, 0.05) is 28.6 Å². The molecular formula is C29H23FN6O. The van der Waals surface area contributed by atoms with Crippen molar-refractivity contribution in [2.75, 3.05) is 5.32 Å². The molecule has 4 aromatic heterocycles. The lowest BCUT2D eigenvalue weighted by Crippen LogP contribution is -2.17. The Labute approximate surface area is 211 Å². The van der Waals surface area contributed by atoms with Crippen LogP contribution in [0.2, 0.25) is 0 Å². The molecule has 0 atom stereocenters. The second-order valence-corrected chi connectivity index (χ2v) is 9.23. The maximum Gasteiger partial charge on any atom is 0.226 e. The average molecular weight is 491 g/mol. The monoisotopic (exact) mass is 490 g/mol. The van der Waals surface area contributed by atoms with Crippen LogP contribution in [0.4, 0.5) is 10.1 Å². The van der Waals surface area contributed by atoms with Gasteiger partial charge in [0.2, 0.25) is 5.91 Å². The molecule has 3 N–H and O–H groups in total. The molecule has 0 saturated carbocycles. The van der Waals surface area contributed by atoms with Crippen molar-refractivity contribution in [3.05, 3.63) is 84.9 Å². The summed E-state index contributed by atoms with van der Waals surface area (Å²) in [6.45, 7) is 3.68. The summed E-state index contributed by atoms with van der Waals surface area (Å²) >= 11 is 0. The molecule has 37 heavy (non-hydrogen) atoms. The zero-order valence-electron chi connectivity index (χ0n) is 20.2. The topological polar surface area (TPSA) is 99.4 Å². The first-order valence-corrected chi connectivity index (χ1v) is 12.0. The highest BCUT2D eigenvalue weighted by Crippen LogP contribution is 2.34. The van der Waals surface area contributed by atoms with Crippen molar-refractivity contribution in [3.63, 3.8) is 0 Å². The van der Waals surface area contributed by atoms with E-state index in [1.807, 2.05) is 56.3 Å². The lowest BCUT2D eigenvalue weighted by Gasteiger charge is -2.08. The van der Waals surface area contributed by atoms with Crippen LogP contribution in [0.3, 0.4) is 0 Å². The van der Waals surface area contributed by atoms with E-state index in [-0.39, 0.29) is 17.6 Å². The number of aromatic amines is 2. The SMILES string of the molecule is CC(C)C(=O)Nc1cncc(-c2ccc3[nH]nc(-c4cc5c(-c6ccc(F)cc6)cccc5[nH]4)c3n2)c1. The number of carbonyl (C=O) groups excluding carboxylic acids is 1. The van der Waals surface area contributed by atoms with Gasteiger partial charge < -0.3 is 10.3 Å². The Hall–Kier alpha value is -4.85. The molecule has 0 fully saturated rings. The number of amides is 1. The first-order chi connectivity index (χ1) is 18.0. The molecule has 2 aromatic carbocycles. The van der Waals surface area contributed by atoms with Crippen LogP contribution in [0.5, 0.6) is 0 Å². The van der Waals surface area contributed by atoms with Crippen LogP contribution in [0, 0.1) is 11.7 Å². The van der Waals surface area contributed by atoms with Gasteiger partial charge in [0.15, 0.2) is 0 Å². The van der Waals surface area contributed by atoms with Crippen molar-refractivity contribution >= 4 is 33.5 Å². The van der Waals surface area contributed by atoms with E-state index < -0.39 is 0 Å². The first-order valence-electron chi connectivity index (χ1n) is 12.0. The van der Waals surface area contributed by atoms with Gasteiger partial charge in [-0.25, -0.2) is 9.37 Å². The second kappa shape index (κ2) is 8.98. The summed E-state index contributed by atoms with van der Waals surface area (Å²) in [5, 5.41) is 11.5. The van der Waals surface area contributed by atoms with Crippen LogP contribution < -0.4 is 5.32 Å². The van der Waals surface area contributed by atoms with Crippen molar-refractivity contribution in [1.29, 1.82) is 0 Å². The minimum Gasteiger partial charge on any atom is -0.353 e. The Morgan fingerprint density at radius 1 is 0.946 bits per heavy atom. The number of fused-ring (bicyclic) bond motifs is 2. The maximum absolute atomic E-state index is 13.5. The summed E-state index contributed by atoms with van der Waals surface area (Å²) < 4.78 is 13.5. The van der Waals surface area contributed by atoms with E-state index in [1.54, 1.807) is 24.5 Å². The third kappa shape index (κ3) is 4.23. The summed E-state index contributed by atoms with van der Waals surface area (Å²) in [4.78, 5) is 24.7. The molecule has 0 aliphatic heterocycles. The normalized spacial score (nSPS) is 11.5. The molecule has 8 heteroatoms. The molecule has 0 spiro atoms. The van der Waals surface area contributed by atoms with Gasteiger partial charge >= 0.3 is 0 Å². The van der Waals surface area contributed by atoms with Gasteiger partial charge in [0.25, 0.3) is 0 Å². The van der Waals surface area contributed by atoms with Gasteiger partial charge in [-0.05, 0) is 53.6 Å². The standard InChI is InChI=1S/C29H23FN6O/c1-16(2)29(37)32-20-12-18(14-31-15-20)23-10-11-25-27(34-23)28(36-35-25)26-13-22-21(4-3-5-24(22)33-26)17-6-8-19(30)9-7-17/h3-16,33H,1-2H3,(H,32,37)(H,35,36). The molecule has 1 amide bonds. The zero-order chi connectivity index (χ0) is 25.5. The smallest absolute Gasteiger partial charge is 0.226 e. The minimum atomic E-state index is -0.265. The van der Waals surface area contributed by atoms with Crippen molar-refractivity contribution in [2.24, 2.45) is 5.92 Å². The molecule has 0 unspecified atom stereocenters. The molecule has 6 rings (SSSR count). The highest BCUT2D eigenvalue weighted by molar-refractivity contribution is 6.00. The highest BCUT2D eigenvalue weighted by Gasteiger charge is 2.16. The number of anilines is 1. The number of benzene rings is 2. The van der Waals surface area contributed by atoms with Gasteiger partial charge in [-0.2, -0.15) is 5.10 Å². The Kier molecular flexibility index (Phi) is 5.49. The van der Waals surface area contributed by atoms with Crippen molar-refractivity contribution < 1.29 is 9.18 Å². The van der Waals surface area contributed by atoms with E-state index in [1.165, 1.54) is 12.1 Å². The summed E-state index contributed by atoms with van der Waals surface area (Å²) in [5.74, 6) is -0.469. The van der Waals surface area contributed by atoms with E-state index in [9.17, 15) is 9.18 Å². The van der Waals surface area contributed by atoms with Crippen molar-refractivity contribution in [1.82, 2.24) is 25.1 Å². The largest absolute Gasteiger partial charge is 0.353 e. The number of H-pyrrole nitrogens is 2. The van der Waals surface area contributed by atoms with Crippen LogP contribution in [-0.4, -0.2) is 31.1 Å². The average Bonchev–Trinajstić information content (AvgIpc) is 3.53. The quantitative estimate of drug-likeness (QED) is 0.254. The molecular weight excluding hydrogens is 467 g/mol. The molecule has 4 heterocycles. The van der Waals surface area contributed by atoms with Crippen LogP contribution in [0.1, 0.15) is 13.8 Å². The number of carbonyl (C=O) groups is 1. The van der Waals surface area contributed by atoms with Crippen LogP contribution in [0.15, 0.2) is 79.1 Å². The fourth-order valence-corrected chi connectivity index (χ4v) is 4.35. The maximum atomic E-state index is 13.5. The van der Waals surface area contributed by atoms with Crippen molar-refractivity contribution in [3.8, 4) is 33.8 Å². The van der Waals surface area contributed by atoms with Crippen LogP contribution in [-0.2, 0) is 4.79 Å². The summed E-state index contributed by atoms with van der Waals surface area (Å²) in [7, 11) is 0. The molecule has 0 radical (unpaired) electrons. The van der Waals surface area contributed by atoms with E-state index >= 15 is 0 Å². The Morgan fingerprint density at radius 3 is 2.59 bits per heavy atom. The number of aromatic nitrogens is 5. The van der Waals surface area contributed by atoms with Crippen LogP contribution in [0.25, 0.3) is 55.7 Å².